The fourth-order valence-electron chi connectivity index (χ4n) is 0.674. The summed E-state index contributed by atoms with van der Waals surface area (Å²) in [7, 11) is 1.66. The van der Waals surface area contributed by atoms with Gasteiger partial charge < -0.3 is 10.1 Å². The lowest BCUT2D eigenvalue weighted by Gasteiger charge is -2.27. The van der Waals surface area contributed by atoms with Crippen LogP contribution in [0.15, 0.2) is 0 Å². The number of rotatable bonds is 5. The minimum Gasteiger partial charge on any atom is -0.382 e. The van der Waals surface area contributed by atoms with E-state index in [2.05, 4.69) is 10.8 Å². The molecular formula is C6H14N2O2. The van der Waals surface area contributed by atoms with Gasteiger partial charge in [-0.2, -0.15) is 5.48 Å². The minimum absolute atomic E-state index is 0.497. The summed E-state index contributed by atoms with van der Waals surface area (Å²) in [6.07, 6.45) is 0. The maximum Gasteiger partial charge on any atom is 0.0916 e. The van der Waals surface area contributed by atoms with Crippen molar-refractivity contribution in [2.45, 2.75) is 6.04 Å². The van der Waals surface area contributed by atoms with Crippen molar-refractivity contribution in [2.24, 2.45) is 0 Å². The molecule has 0 aromatic heterocycles. The SMILES string of the molecule is COCCONC1CNC1. The Bertz CT molecular complexity index is 85.8. The molecule has 10 heavy (non-hydrogen) atoms. The van der Waals surface area contributed by atoms with Gasteiger partial charge >= 0.3 is 0 Å². The highest BCUT2D eigenvalue weighted by molar-refractivity contribution is 4.77. The normalized spacial score (nSPS) is 18.9. The number of hydrogen-bond donors (Lipinski definition) is 2. The highest BCUT2D eigenvalue weighted by Crippen LogP contribution is 1.89. The summed E-state index contributed by atoms with van der Waals surface area (Å²) in [5, 5.41) is 3.13. The molecule has 4 nitrogen and oxygen atoms in total. The van der Waals surface area contributed by atoms with Crippen LogP contribution in [-0.4, -0.2) is 39.5 Å². The molecule has 4 heteroatoms. The van der Waals surface area contributed by atoms with Gasteiger partial charge in [0.25, 0.3) is 0 Å². The van der Waals surface area contributed by atoms with Gasteiger partial charge in [-0.1, -0.05) is 0 Å². The predicted molar refractivity (Wildman–Crippen MR) is 37.6 cm³/mol. The molecule has 1 aliphatic heterocycles. The van der Waals surface area contributed by atoms with Crippen molar-refractivity contribution in [3.05, 3.63) is 0 Å². The first-order valence-electron chi connectivity index (χ1n) is 3.50. The van der Waals surface area contributed by atoms with Crippen LogP contribution in [0.3, 0.4) is 0 Å². The Labute approximate surface area is 60.8 Å². The van der Waals surface area contributed by atoms with Crippen molar-refractivity contribution in [1.29, 1.82) is 0 Å². The average Bonchev–Trinajstić information content (AvgIpc) is 1.84. The smallest absolute Gasteiger partial charge is 0.0916 e. The zero-order chi connectivity index (χ0) is 7.23. The second kappa shape index (κ2) is 4.62. The number of hydroxylamine groups is 1. The van der Waals surface area contributed by atoms with Crippen LogP contribution >= 0.6 is 0 Å². The number of hydrogen-bond acceptors (Lipinski definition) is 4. The average molecular weight is 146 g/mol. The Morgan fingerprint density at radius 2 is 2.30 bits per heavy atom. The van der Waals surface area contributed by atoms with Gasteiger partial charge in [0.2, 0.25) is 0 Å². The Hall–Kier alpha value is -0.160. The summed E-state index contributed by atoms with van der Waals surface area (Å²) >= 11 is 0. The monoisotopic (exact) mass is 146 g/mol. The van der Waals surface area contributed by atoms with Gasteiger partial charge in [0, 0.05) is 20.2 Å². The van der Waals surface area contributed by atoms with Crippen molar-refractivity contribution in [3.8, 4) is 0 Å². The predicted octanol–water partition coefficient (Wildman–Crippen LogP) is -0.874. The van der Waals surface area contributed by atoms with Crippen LogP contribution in [0.4, 0.5) is 0 Å². The van der Waals surface area contributed by atoms with Gasteiger partial charge in [0.05, 0.1) is 19.3 Å². The molecule has 0 aliphatic carbocycles. The molecule has 1 fully saturated rings. The van der Waals surface area contributed by atoms with E-state index in [9.17, 15) is 0 Å². The standard InChI is InChI=1S/C6H14N2O2/c1-9-2-3-10-8-6-4-7-5-6/h6-8H,2-5H2,1H3. The van der Waals surface area contributed by atoms with Crippen LogP contribution in [0.1, 0.15) is 0 Å². The van der Waals surface area contributed by atoms with Crippen molar-refractivity contribution in [3.63, 3.8) is 0 Å². The summed E-state index contributed by atoms with van der Waals surface area (Å²) < 4.78 is 4.79. The van der Waals surface area contributed by atoms with Crippen molar-refractivity contribution >= 4 is 0 Å². The third-order valence-corrected chi connectivity index (χ3v) is 1.42. The van der Waals surface area contributed by atoms with Crippen LogP contribution < -0.4 is 10.8 Å². The van der Waals surface area contributed by atoms with E-state index >= 15 is 0 Å². The van der Waals surface area contributed by atoms with Gasteiger partial charge in [0.15, 0.2) is 0 Å². The molecule has 1 aliphatic rings. The first-order valence-corrected chi connectivity index (χ1v) is 3.50. The summed E-state index contributed by atoms with van der Waals surface area (Å²) in [6, 6.07) is 0.497. The molecule has 0 amide bonds. The van der Waals surface area contributed by atoms with Crippen LogP contribution in [0, 0.1) is 0 Å². The van der Waals surface area contributed by atoms with Crippen LogP contribution in [0.2, 0.25) is 0 Å². The fraction of sp³-hybridized carbons (Fsp3) is 1.00. The molecule has 2 N–H and O–H groups in total. The molecule has 1 rings (SSSR count). The van der Waals surface area contributed by atoms with E-state index in [1.165, 1.54) is 0 Å². The van der Waals surface area contributed by atoms with Crippen molar-refractivity contribution in [2.75, 3.05) is 33.4 Å². The second-order valence-corrected chi connectivity index (χ2v) is 2.31. The molecule has 0 aromatic rings. The second-order valence-electron chi connectivity index (χ2n) is 2.31. The number of nitrogens with one attached hydrogen (secondary N) is 2. The minimum atomic E-state index is 0.497. The molecule has 60 valence electrons. The maximum atomic E-state index is 5.06. The third-order valence-electron chi connectivity index (χ3n) is 1.42. The molecule has 0 saturated carbocycles. The zero-order valence-electron chi connectivity index (χ0n) is 6.22. The molecule has 0 spiro atoms. The maximum absolute atomic E-state index is 5.06. The van der Waals surface area contributed by atoms with E-state index < -0.39 is 0 Å². The summed E-state index contributed by atoms with van der Waals surface area (Å²) in [5.41, 5.74) is 2.91. The van der Waals surface area contributed by atoms with Gasteiger partial charge in [-0.25, -0.2) is 0 Å². The number of methoxy groups -OCH3 is 1. The first kappa shape index (κ1) is 7.94. The fourth-order valence-corrected chi connectivity index (χ4v) is 0.674. The van der Waals surface area contributed by atoms with Gasteiger partial charge in [-0.3, -0.25) is 4.84 Å². The highest BCUT2D eigenvalue weighted by atomic mass is 16.7. The number of ether oxygens (including phenoxy) is 1. The zero-order valence-corrected chi connectivity index (χ0v) is 6.22. The van der Waals surface area contributed by atoms with Gasteiger partial charge in [-0.15, -0.1) is 0 Å². The van der Waals surface area contributed by atoms with E-state index in [1.807, 2.05) is 0 Å². The molecule has 0 radical (unpaired) electrons. The van der Waals surface area contributed by atoms with E-state index in [-0.39, 0.29) is 0 Å². The van der Waals surface area contributed by atoms with Crippen molar-refractivity contribution in [1.82, 2.24) is 10.8 Å². The lowest BCUT2D eigenvalue weighted by Crippen LogP contribution is -2.55. The molecule has 0 atom stereocenters. The molecule has 0 bridgehead atoms. The highest BCUT2D eigenvalue weighted by Gasteiger charge is 2.15. The molecule has 0 unspecified atom stereocenters. The summed E-state index contributed by atoms with van der Waals surface area (Å²) in [5.74, 6) is 0. The Kier molecular flexibility index (Phi) is 3.67. The molecular weight excluding hydrogens is 132 g/mol. The van der Waals surface area contributed by atoms with E-state index in [0.29, 0.717) is 19.3 Å². The third kappa shape index (κ3) is 2.62. The van der Waals surface area contributed by atoms with E-state index in [1.54, 1.807) is 7.11 Å². The van der Waals surface area contributed by atoms with Crippen LogP contribution in [-0.2, 0) is 9.57 Å². The summed E-state index contributed by atoms with van der Waals surface area (Å²) in [6.45, 7) is 3.28. The quantitative estimate of drug-likeness (QED) is 0.391. The topological polar surface area (TPSA) is 42.5 Å². The molecule has 0 aromatic carbocycles. The Morgan fingerprint density at radius 1 is 1.50 bits per heavy atom. The van der Waals surface area contributed by atoms with Gasteiger partial charge in [-0.05, 0) is 0 Å². The molecule has 1 heterocycles. The summed E-state index contributed by atoms with van der Waals surface area (Å²) in [4.78, 5) is 5.06. The largest absolute Gasteiger partial charge is 0.382 e. The lowest BCUT2D eigenvalue weighted by molar-refractivity contribution is -0.0209. The Morgan fingerprint density at radius 3 is 2.80 bits per heavy atom. The lowest BCUT2D eigenvalue weighted by atomic mass is 10.2. The Balaban J connectivity index is 1.76. The van der Waals surface area contributed by atoms with Crippen LogP contribution in [0.5, 0.6) is 0 Å². The van der Waals surface area contributed by atoms with E-state index in [0.717, 1.165) is 13.1 Å². The van der Waals surface area contributed by atoms with Gasteiger partial charge in [0.1, 0.15) is 0 Å². The molecule has 1 saturated heterocycles. The first-order chi connectivity index (χ1) is 4.93. The van der Waals surface area contributed by atoms with Crippen LogP contribution in [0.25, 0.3) is 0 Å². The van der Waals surface area contributed by atoms with Crippen molar-refractivity contribution < 1.29 is 9.57 Å². The van der Waals surface area contributed by atoms with E-state index in [4.69, 9.17) is 9.57 Å².